The number of methoxy groups -OCH3 is 3. The van der Waals surface area contributed by atoms with Crippen LogP contribution in [0.5, 0.6) is 23.0 Å². The predicted molar refractivity (Wildman–Crippen MR) is 114 cm³/mol. The van der Waals surface area contributed by atoms with Crippen LogP contribution in [0.1, 0.15) is 30.9 Å². The molecular weight excluding hydrogens is 386 g/mol. The second kappa shape index (κ2) is 9.82. The molecule has 2 aromatic rings. The Morgan fingerprint density at radius 1 is 0.967 bits per heavy atom. The summed E-state index contributed by atoms with van der Waals surface area (Å²) in [5.74, 6) is 2.03. The average molecular weight is 411 g/mol. The number of ether oxygens (including phenoxy) is 5. The molecule has 1 aliphatic rings. The summed E-state index contributed by atoms with van der Waals surface area (Å²) >= 11 is 0. The molecule has 0 saturated heterocycles. The molecule has 0 amide bonds. The highest BCUT2D eigenvalue weighted by Gasteiger charge is 2.25. The molecule has 1 heterocycles. The van der Waals surface area contributed by atoms with E-state index in [2.05, 4.69) is 11.9 Å². The van der Waals surface area contributed by atoms with E-state index in [0.717, 1.165) is 18.6 Å². The second-order valence-corrected chi connectivity index (χ2v) is 6.51. The molecule has 3 rings (SSSR count). The maximum Gasteiger partial charge on any atom is 0.363 e. The first-order valence-corrected chi connectivity index (χ1v) is 9.65. The zero-order valence-electron chi connectivity index (χ0n) is 17.6. The minimum Gasteiger partial charge on any atom is -0.496 e. The number of carbonyl (C=O) groups excluding carboxylic acids is 1. The lowest BCUT2D eigenvalue weighted by atomic mass is 10.1. The van der Waals surface area contributed by atoms with Gasteiger partial charge < -0.3 is 23.7 Å². The van der Waals surface area contributed by atoms with Crippen molar-refractivity contribution in [3.63, 3.8) is 0 Å². The van der Waals surface area contributed by atoms with E-state index >= 15 is 0 Å². The highest BCUT2D eigenvalue weighted by molar-refractivity contribution is 6.13. The first-order chi connectivity index (χ1) is 14.6. The van der Waals surface area contributed by atoms with E-state index in [4.69, 9.17) is 23.7 Å². The third kappa shape index (κ3) is 4.74. The van der Waals surface area contributed by atoms with Crippen molar-refractivity contribution in [1.29, 1.82) is 0 Å². The largest absolute Gasteiger partial charge is 0.496 e. The second-order valence-electron chi connectivity index (χ2n) is 6.51. The van der Waals surface area contributed by atoms with Gasteiger partial charge in [0, 0.05) is 17.2 Å². The van der Waals surface area contributed by atoms with Gasteiger partial charge in [-0.25, -0.2) is 9.79 Å². The third-order valence-corrected chi connectivity index (χ3v) is 4.52. The van der Waals surface area contributed by atoms with E-state index in [0.29, 0.717) is 35.0 Å². The molecule has 0 unspecified atom stereocenters. The standard InChI is InChI=1S/C23H25NO6/c1-5-6-11-29-17-9-7-15(8-10-17)22-24-18(23(25)30-22)12-16-13-20(27-3)21(28-4)14-19(16)26-2/h7-10,12-14H,5-6,11H2,1-4H3/b18-12+. The molecule has 2 aromatic carbocycles. The zero-order chi connectivity index (χ0) is 21.5. The SMILES string of the molecule is CCCCOc1ccc(C2=N/C(=C/c3cc(OC)c(OC)cc3OC)C(=O)O2)cc1. The maximum atomic E-state index is 12.4. The van der Waals surface area contributed by atoms with E-state index < -0.39 is 5.97 Å². The van der Waals surface area contributed by atoms with Gasteiger partial charge in [-0.1, -0.05) is 13.3 Å². The van der Waals surface area contributed by atoms with E-state index in [1.165, 1.54) is 14.2 Å². The van der Waals surface area contributed by atoms with Crippen LogP contribution >= 0.6 is 0 Å². The fourth-order valence-electron chi connectivity index (χ4n) is 2.87. The molecule has 0 N–H and O–H groups in total. The van der Waals surface area contributed by atoms with E-state index in [1.54, 1.807) is 25.3 Å². The summed E-state index contributed by atoms with van der Waals surface area (Å²) in [6, 6.07) is 10.7. The number of esters is 1. The first-order valence-electron chi connectivity index (χ1n) is 9.65. The smallest absolute Gasteiger partial charge is 0.363 e. The van der Waals surface area contributed by atoms with Crippen LogP contribution in [0.4, 0.5) is 0 Å². The van der Waals surface area contributed by atoms with Crippen LogP contribution in [0.2, 0.25) is 0 Å². The molecule has 158 valence electrons. The van der Waals surface area contributed by atoms with Crippen LogP contribution in [0, 0.1) is 0 Å². The molecule has 30 heavy (non-hydrogen) atoms. The molecule has 0 spiro atoms. The topological polar surface area (TPSA) is 75.6 Å². The number of rotatable bonds is 9. The predicted octanol–water partition coefficient (Wildman–Crippen LogP) is 4.24. The molecule has 0 radical (unpaired) electrons. The van der Waals surface area contributed by atoms with Crippen LogP contribution in [0.15, 0.2) is 47.1 Å². The number of aliphatic imine (C=N–C) groups is 1. The summed E-state index contributed by atoms with van der Waals surface area (Å²) in [5.41, 5.74) is 1.47. The molecular formula is C23H25NO6. The monoisotopic (exact) mass is 411 g/mol. The highest BCUT2D eigenvalue weighted by atomic mass is 16.6. The summed E-state index contributed by atoms with van der Waals surface area (Å²) in [6.45, 7) is 2.79. The Labute approximate surface area is 175 Å². The van der Waals surface area contributed by atoms with Gasteiger partial charge in [-0.2, -0.15) is 0 Å². The van der Waals surface area contributed by atoms with Crippen molar-refractivity contribution in [2.24, 2.45) is 4.99 Å². The number of carbonyl (C=O) groups is 1. The number of hydrogen-bond donors (Lipinski definition) is 0. The number of cyclic esters (lactones) is 1. The number of benzene rings is 2. The molecule has 0 bridgehead atoms. The van der Waals surface area contributed by atoms with E-state index in [1.807, 2.05) is 24.3 Å². The van der Waals surface area contributed by atoms with Crippen molar-refractivity contribution < 1.29 is 28.5 Å². The normalized spacial score (nSPS) is 14.3. The van der Waals surface area contributed by atoms with Crippen LogP contribution in [0.25, 0.3) is 6.08 Å². The van der Waals surface area contributed by atoms with E-state index in [9.17, 15) is 4.79 Å². The number of nitrogens with zero attached hydrogens (tertiary/aromatic N) is 1. The lowest BCUT2D eigenvalue weighted by molar-refractivity contribution is -0.129. The third-order valence-electron chi connectivity index (χ3n) is 4.52. The van der Waals surface area contributed by atoms with Crippen LogP contribution in [0.3, 0.4) is 0 Å². The fraction of sp³-hybridized carbons (Fsp3) is 0.304. The molecule has 1 aliphatic heterocycles. The van der Waals surface area contributed by atoms with Crippen LogP contribution in [-0.4, -0.2) is 39.8 Å². The average Bonchev–Trinajstić information content (AvgIpc) is 3.14. The fourth-order valence-corrected chi connectivity index (χ4v) is 2.87. The van der Waals surface area contributed by atoms with Gasteiger partial charge in [0.15, 0.2) is 17.2 Å². The Bertz CT molecular complexity index is 962. The first kappa shape index (κ1) is 21.2. The Balaban J connectivity index is 1.86. The van der Waals surface area contributed by atoms with Gasteiger partial charge in [-0.05, 0) is 42.8 Å². The van der Waals surface area contributed by atoms with Crippen molar-refractivity contribution >= 4 is 17.9 Å². The van der Waals surface area contributed by atoms with Gasteiger partial charge in [0.2, 0.25) is 5.90 Å². The van der Waals surface area contributed by atoms with Crippen molar-refractivity contribution in [3.05, 3.63) is 53.2 Å². The lowest BCUT2D eigenvalue weighted by Gasteiger charge is -2.12. The Morgan fingerprint density at radius 3 is 2.27 bits per heavy atom. The molecule has 0 saturated carbocycles. The molecule has 0 aromatic heterocycles. The molecule has 7 nitrogen and oxygen atoms in total. The Kier molecular flexibility index (Phi) is 6.95. The highest BCUT2D eigenvalue weighted by Crippen LogP contribution is 2.36. The Morgan fingerprint density at radius 2 is 1.63 bits per heavy atom. The van der Waals surface area contributed by atoms with Gasteiger partial charge in [-0.15, -0.1) is 0 Å². The van der Waals surface area contributed by atoms with Gasteiger partial charge in [0.05, 0.1) is 27.9 Å². The summed E-state index contributed by atoms with van der Waals surface area (Å²) < 4.78 is 27.0. The van der Waals surface area contributed by atoms with Crippen LogP contribution in [-0.2, 0) is 9.53 Å². The quantitative estimate of drug-likeness (QED) is 0.349. The lowest BCUT2D eigenvalue weighted by Crippen LogP contribution is -2.05. The number of hydrogen-bond acceptors (Lipinski definition) is 7. The summed E-state index contributed by atoms with van der Waals surface area (Å²) in [7, 11) is 4.62. The summed E-state index contributed by atoms with van der Waals surface area (Å²) in [5, 5.41) is 0. The van der Waals surface area contributed by atoms with Crippen molar-refractivity contribution in [2.45, 2.75) is 19.8 Å². The van der Waals surface area contributed by atoms with Crippen molar-refractivity contribution in [3.8, 4) is 23.0 Å². The minimum absolute atomic E-state index is 0.166. The molecule has 0 aliphatic carbocycles. The van der Waals surface area contributed by atoms with Gasteiger partial charge >= 0.3 is 5.97 Å². The minimum atomic E-state index is -0.537. The molecule has 7 heteroatoms. The van der Waals surface area contributed by atoms with Gasteiger partial charge in [0.1, 0.15) is 11.5 Å². The van der Waals surface area contributed by atoms with E-state index in [-0.39, 0.29) is 11.6 Å². The van der Waals surface area contributed by atoms with Crippen molar-refractivity contribution in [2.75, 3.05) is 27.9 Å². The maximum absolute atomic E-state index is 12.4. The molecule has 0 atom stereocenters. The number of unbranched alkanes of at least 4 members (excludes halogenated alkanes) is 1. The van der Waals surface area contributed by atoms with Crippen LogP contribution < -0.4 is 18.9 Å². The Hall–Kier alpha value is -3.48. The zero-order valence-corrected chi connectivity index (χ0v) is 17.6. The summed E-state index contributed by atoms with van der Waals surface area (Å²) in [6.07, 6.45) is 3.67. The summed E-state index contributed by atoms with van der Waals surface area (Å²) in [4.78, 5) is 16.7. The van der Waals surface area contributed by atoms with Gasteiger partial charge in [0.25, 0.3) is 0 Å². The molecule has 0 fully saturated rings. The van der Waals surface area contributed by atoms with Gasteiger partial charge in [-0.3, -0.25) is 0 Å². The van der Waals surface area contributed by atoms with Crippen molar-refractivity contribution in [1.82, 2.24) is 0 Å².